The highest BCUT2D eigenvalue weighted by Gasteiger charge is 2.23. The third kappa shape index (κ3) is 4.63. The Balaban J connectivity index is 1.75. The van der Waals surface area contributed by atoms with Gasteiger partial charge in [-0.2, -0.15) is 0 Å². The van der Waals surface area contributed by atoms with E-state index >= 15 is 0 Å². The number of ether oxygens (including phenoxy) is 1. The van der Waals surface area contributed by atoms with Crippen molar-refractivity contribution in [1.29, 1.82) is 0 Å². The molecule has 0 saturated carbocycles. The van der Waals surface area contributed by atoms with Crippen LogP contribution in [0.15, 0.2) is 24.3 Å². The lowest BCUT2D eigenvalue weighted by Crippen LogP contribution is -2.48. The Morgan fingerprint density at radius 1 is 1.41 bits per heavy atom. The Labute approximate surface area is 133 Å². The smallest absolute Gasteiger partial charge is 0.317 e. The van der Waals surface area contributed by atoms with Gasteiger partial charge in [0.05, 0.1) is 7.11 Å². The summed E-state index contributed by atoms with van der Waals surface area (Å²) in [5, 5.41) is 3.01. The van der Waals surface area contributed by atoms with E-state index in [1.54, 1.807) is 7.11 Å². The van der Waals surface area contributed by atoms with Gasteiger partial charge in [-0.3, -0.25) is 0 Å². The van der Waals surface area contributed by atoms with Crippen LogP contribution in [-0.4, -0.2) is 62.7 Å². The van der Waals surface area contributed by atoms with Gasteiger partial charge in [0.25, 0.3) is 0 Å². The minimum absolute atomic E-state index is 0.0254. The predicted octanol–water partition coefficient (Wildman–Crippen LogP) is 1.97. The van der Waals surface area contributed by atoms with Crippen LogP contribution in [0.4, 0.5) is 4.79 Å². The second kappa shape index (κ2) is 8.03. The van der Waals surface area contributed by atoms with Gasteiger partial charge >= 0.3 is 6.03 Å². The van der Waals surface area contributed by atoms with Gasteiger partial charge in [0.15, 0.2) is 0 Å². The summed E-state index contributed by atoms with van der Waals surface area (Å²) in [5.74, 6) is 0.854. The van der Waals surface area contributed by atoms with E-state index in [0.717, 1.165) is 38.1 Å². The Kier molecular flexibility index (Phi) is 6.07. The average molecular weight is 305 g/mol. The number of rotatable bonds is 5. The number of likely N-dealkylation sites (tertiary alicyclic amines) is 1. The van der Waals surface area contributed by atoms with E-state index in [1.165, 1.54) is 5.56 Å². The van der Waals surface area contributed by atoms with Gasteiger partial charge in [0, 0.05) is 19.6 Å². The van der Waals surface area contributed by atoms with E-state index in [9.17, 15) is 4.79 Å². The fourth-order valence-corrected chi connectivity index (χ4v) is 2.81. The molecule has 0 atom stereocenters. The Hall–Kier alpha value is -1.75. The van der Waals surface area contributed by atoms with E-state index in [4.69, 9.17) is 4.74 Å². The van der Waals surface area contributed by atoms with Crippen molar-refractivity contribution in [2.45, 2.75) is 25.3 Å². The van der Waals surface area contributed by atoms with Crippen LogP contribution in [0.1, 0.15) is 18.4 Å². The predicted molar refractivity (Wildman–Crippen MR) is 88.4 cm³/mol. The molecular weight excluding hydrogens is 278 g/mol. The van der Waals surface area contributed by atoms with E-state index in [-0.39, 0.29) is 6.03 Å². The van der Waals surface area contributed by atoms with Crippen molar-refractivity contribution in [2.75, 3.05) is 40.8 Å². The number of methoxy groups -OCH3 is 1. The van der Waals surface area contributed by atoms with Crippen molar-refractivity contribution < 1.29 is 9.53 Å². The highest BCUT2D eigenvalue weighted by molar-refractivity contribution is 5.74. The summed E-state index contributed by atoms with van der Waals surface area (Å²) >= 11 is 0. The molecule has 0 spiro atoms. The number of hydrogen-bond donors (Lipinski definition) is 1. The lowest BCUT2D eigenvalue weighted by molar-refractivity contribution is 0.148. The Morgan fingerprint density at radius 2 is 2.14 bits per heavy atom. The molecular formula is C17H27N3O2. The van der Waals surface area contributed by atoms with Crippen molar-refractivity contribution in [3.63, 3.8) is 0 Å². The molecule has 1 heterocycles. The number of piperidine rings is 1. The molecule has 5 nitrogen and oxygen atoms in total. The van der Waals surface area contributed by atoms with Gasteiger partial charge < -0.3 is 19.9 Å². The van der Waals surface area contributed by atoms with Gasteiger partial charge in [-0.15, -0.1) is 0 Å². The fraction of sp³-hybridized carbons (Fsp3) is 0.588. The lowest BCUT2D eigenvalue weighted by atomic mass is 10.0. The molecule has 1 aromatic carbocycles. The summed E-state index contributed by atoms with van der Waals surface area (Å²) in [6.45, 7) is 2.77. The van der Waals surface area contributed by atoms with Crippen LogP contribution >= 0.6 is 0 Å². The quantitative estimate of drug-likeness (QED) is 0.904. The van der Waals surface area contributed by atoms with E-state index < -0.39 is 0 Å². The van der Waals surface area contributed by atoms with Crippen LogP contribution in [0.25, 0.3) is 0 Å². The zero-order chi connectivity index (χ0) is 15.9. The van der Waals surface area contributed by atoms with Crippen molar-refractivity contribution in [2.24, 2.45) is 0 Å². The summed E-state index contributed by atoms with van der Waals surface area (Å²) in [7, 11) is 5.69. The molecule has 1 aromatic rings. The monoisotopic (exact) mass is 305 g/mol. The lowest BCUT2D eigenvalue weighted by Gasteiger charge is -2.35. The Bertz CT molecular complexity index is 485. The van der Waals surface area contributed by atoms with Gasteiger partial charge in [-0.05, 0) is 57.1 Å². The van der Waals surface area contributed by atoms with E-state index in [1.807, 2.05) is 30.1 Å². The minimum atomic E-state index is 0.0254. The molecule has 122 valence electrons. The summed E-state index contributed by atoms with van der Waals surface area (Å²) in [6, 6.07) is 8.34. The maximum absolute atomic E-state index is 12.2. The molecule has 5 heteroatoms. The minimum Gasteiger partial charge on any atom is -0.497 e. The van der Waals surface area contributed by atoms with Crippen molar-refractivity contribution in [3.05, 3.63) is 29.8 Å². The van der Waals surface area contributed by atoms with Crippen LogP contribution in [0.2, 0.25) is 0 Å². The first-order valence-electron chi connectivity index (χ1n) is 7.92. The average Bonchev–Trinajstić information content (AvgIpc) is 2.55. The highest BCUT2D eigenvalue weighted by Crippen LogP contribution is 2.14. The number of carbonyl (C=O) groups is 1. The molecule has 1 N–H and O–H groups in total. The first-order valence-corrected chi connectivity index (χ1v) is 7.92. The third-order valence-electron chi connectivity index (χ3n) is 4.38. The number of nitrogens with one attached hydrogen (secondary N) is 1. The zero-order valence-corrected chi connectivity index (χ0v) is 13.8. The molecule has 0 aromatic heterocycles. The van der Waals surface area contributed by atoms with Crippen LogP contribution in [0.3, 0.4) is 0 Å². The number of benzene rings is 1. The molecule has 1 aliphatic rings. The number of nitrogens with zero attached hydrogens (tertiary/aromatic N) is 2. The molecule has 1 fully saturated rings. The molecule has 1 aliphatic heterocycles. The van der Waals surface area contributed by atoms with Crippen LogP contribution in [0.5, 0.6) is 5.75 Å². The first kappa shape index (κ1) is 16.6. The maximum atomic E-state index is 12.2. The Morgan fingerprint density at radius 3 is 2.82 bits per heavy atom. The topological polar surface area (TPSA) is 44.8 Å². The van der Waals surface area contributed by atoms with E-state index in [2.05, 4.69) is 23.3 Å². The summed E-state index contributed by atoms with van der Waals surface area (Å²) in [6.07, 6.45) is 2.91. The maximum Gasteiger partial charge on any atom is 0.317 e. The molecule has 0 radical (unpaired) electrons. The van der Waals surface area contributed by atoms with Crippen molar-refractivity contribution in [3.8, 4) is 5.75 Å². The van der Waals surface area contributed by atoms with Gasteiger partial charge in [0.1, 0.15) is 5.75 Å². The van der Waals surface area contributed by atoms with Gasteiger partial charge in [-0.25, -0.2) is 4.79 Å². The number of amides is 2. The SMILES string of the molecule is COc1cccc(CCNC(=O)N(C)C2CCN(C)CC2)c1. The van der Waals surface area contributed by atoms with Crippen LogP contribution in [0, 0.1) is 0 Å². The van der Waals surface area contributed by atoms with Crippen molar-refractivity contribution >= 4 is 6.03 Å². The number of urea groups is 1. The largest absolute Gasteiger partial charge is 0.497 e. The van der Waals surface area contributed by atoms with Crippen LogP contribution in [-0.2, 0) is 6.42 Å². The van der Waals surface area contributed by atoms with Gasteiger partial charge in [0.2, 0.25) is 0 Å². The second-order valence-corrected chi connectivity index (χ2v) is 5.98. The van der Waals surface area contributed by atoms with E-state index in [0.29, 0.717) is 12.6 Å². The third-order valence-corrected chi connectivity index (χ3v) is 4.38. The van der Waals surface area contributed by atoms with Crippen LogP contribution < -0.4 is 10.1 Å². The molecule has 0 aliphatic carbocycles. The summed E-state index contributed by atoms with van der Waals surface area (Å²) < 4.78 is 5.21. The standard InChI is InChI=1S/C17H27N3O2/c1-19-11-8-15(9-12-19)20(2)17(21)18-10-7-14-5-4-6-16(13-14)22-3/h4-6,13,15H,7-12H2,1-3H3,(H,18,21). The number of hydrogen-bond acceptors (Lipinski definition) is 3. The molecule has 0 unspecified atom stereocenters. The number of carbonyl (C=O) groups excluding carboxylic acids is 1. The molecule has 2 amide bonds. The normalized spacial score (nSPS) is 16.3. The highest BCUT2D eigenvalue weighted by atomic mass is 16.5. The second-order valence-electron chi connectivity index (χ2n) is 5.98. The summed E-state index contributed by atoms with van der Waals surface area (Å²) in [5.41, 5.74) is 1.17. The first-order chi connectivity index (χ1) is 10.6. The molecule has 22 heavy (non-hydrogen) atoms. The fourth-order valence-electron chi connectivity index (χ4n) is 2.81. The zero-order valence-electron chi connectivity index (χ0n) is 13.8. The van der Waals surface area contributed by atoms with Gasteiger partial charge in [-0.1, -0.05) is 12.1 Å². The molecule has 2 rings (SSSR count). The molecule has 0 bridgehead atoms. The summed E-state index contributed by atoms with van der Waals surface area (Å²) in [4.78, 5) is 16.4. The van der Waals surface area contributed by atoms with Crippen molar-refractivity contribution in [1.82, 2.24) is 15.1 Å². The molecule has 1 saturated heterocycles.